The molecule has 134 valence electrons. The number of halogens is 3. The highest BCUT2D eigenvalue weighted by Gasteiger charge is 2.34. The van der Waals surface area contributed by atoms with E-state index in [1.165, 1.54) is 12.3 Å². The van der Waals surface area contributed by atoms with Crippen molar-refractivity contribution < 1.29 is 17.9 Å². The summed E-state index contributed by atoms with van der Waals surface area (Å²) >= 11 is 0. The molecule has 0 amide bonds. The molecule has 1 aromatic heterocycles. The van der Waals surface area contributed by atoms with Gasteiger partial charge in [-0.25, -0.2) is 0 Å². The molecule has 6 heteroatoms. The molecular formula is C20H17F3N2O. The van der Waals surface area contributed by atoms with Crippen LogP contribution in [0.2, 0.25) is 0 Å². The first-order valence-electron chi connectivity index (χ1n) is 8.34. The van der Waals surface area contributed by atoms with Crippen LogP contribution in [0.15, 0.2) is 42.6 Å². The lowest BCUT2D eigenvalue weighted by atomic mass is 9.94. The van der Waals surface area contributed by atoms with Gasteiger partial charge in [-0.15, -0.1) is 0 Å². The molecule has 0 saturated heterocycles. The molecule has 4 rings (SSSR count). The third-order valence-corrected chi connectivity index (χ3v) is 4.67. The maximum atomic E-state index is 13.4. The van der Waals surface area contributed by atoms with E-state index in [2.05, 4.69) is 4.98 Å². The molecule has 1 unspecified atom stereocenters. The van der Waals surface area contributed by atoms with Gasteiger partial charge in [0.2, 0.25) is 0 Å². The van der Waals surface area contributed by atoms with Crippen LogP contribution in [0, 0.1) is 6.92 Å². The quantitative estimate of drug-likeness (QED) is 0.734. The van der Waals surface area contributed by atoms with Gasteiger partial charge in [-0.1, -0.05) is 18.2 Å². The summed E-state index contributed by atoms with van der Waals surface area (Å²) in [5.74, 6) is 0.705. The number of nitrogens with two attached hydrogens (primary N) is 1. The Labute approximate surface area is 148 Å². The minimum absolute atomic E-state index is 0.0545. The zero-order chi connectivity index (χ0) is 18.5. The number of aryl methyl sites for hydroxylation is 1. The molecule has 0 bridgehead atoms. The first-order chi connectivity index (χ1) is 12.4. The molecular weight excluding hydrogens is 341 g/mol. The number of aromatic nitrogens is 1. The van der Waals surface area contributed by atoms with Crippen LogP contribution in [0.3, 0.4) is 0 Å². The van der Waals surface area contributed by atoms with Gasteiger partial charge >= 0.3 is 6.18 Å². The third kappa shape index (κ3) is 2.70. The van der Waals surface area contributed by atoms with Gasteiger partial charge in [0.05, 0.1) is 11.1 Å². The van der Waals surface area contributed by atoms with Gasteiger partial charge < -0.3 is 10.5 Å². The minimum atomic E-state index is -4.46. The van der Waals surface area contributed by atoms with E-state index in [1.807, 2.05) is 19.1 Å². The van der Waals surface area contributed by atoms with Gasteiger partial charge in [0.25, 0.3) is 0 Å². The van der Waals surface area contributed by atoms with Crippen molar-refractivity contribution in [1.29, 1.82) is 0 Å². The monoisotopic (exact) mass is 358 g/mol. The van der Waals surface area contributed by atoms with Gasteiger partial charge in [0.15, 0.2) is 0 Å². The molecule has 0 aliphatic carbocycles. The number of para-hydroxylation sites is 1. The average molecular weight is 358 g/mol. The maximum Gasteiger partial charge on any atom is 0.418 e. The summed E-state index contributed by atoms with van der Waals surface area (Å²) in [7, 11) is 0. The van der Waals surface area contributed by atoms with Crippen molar-refractivity contribution in [1.82, 2.24) is 4.98 Å². The smallest absolute Gasteiger partial charge is 0.418 e. The molecule has 1 atom stereocenters. The lowest BCUT2D eigenvalue weighted by molar-refractivity contribution is -0.136. The molecule has 0 spiro atoms. The Morgan fingerprint density at radius 3 is 2.73 bits per heavy atom. The van der Waals surface area contributed by atoms with E-state index in [0.29, 0.717) is 29.7 Å². The van der Waals surface area contributed by atoms with Crippen molar-refractivity contribution >= 4 is 10.9 Å². The molecule has 2 N–H and O–H groups in total. The van der Waals surface area contributed by atoms with Crippen LogP contribution in [0.4, 0.5) is 13.2 Å². The van der Waals surface area contributed by atoms with E-state index in [0.717, 1.165) is 22.8 Å². The van der Waals surface area contributed by atoms with Crippen LogP contribution >= 0.6 is 0 Å². The summed E-state index contributed by atoms with van der Waals surface area (Å²) in [5.41, 5.74) is 8.47. The summed E-state index contributed by atoms with van der Waals surface area (Å²) in [6.07, 6.45) is -2.45. The number of hydrogen-bond acceptors (Lipinski definition) is 3. The number of hydrogen-bond donors (Lipinski definition) is 1. The highest BCUT2D eigenvalue weighted by molar-refractivity contribution is 5.98. The summed E-state index contributed by atoms with van der Waals surface area (Å²) < 4.78 is 46.0. The van der Waals surface area contributed by atoms with Crippen molar-refractivity contribution in [2.75, 3.05) is 6.54 Å². The minimum Gasteiger partial charge on any atom is -0.488 e. The Hall–Kier alpha value is -2.60. The number of ether oxygens (including phenoxy) is 1. The third-order valence-electron chi connectivity index (χ3n) is 4.67. The van der Waals surface area contributed by atoms with Crippen LogP contribution in [0.5, 0.6) is 5.75 Å². The zero-order valence-electron chi connectivity index (χ0n) is 14.1. The van der Waals surface area contributed by atoms with Crippen molar-refractivity contribution in [3.63, 3.8) is 0 Å². The number of fused-ring (bicyclic) bond motifs is 2. The number of benzene rings is 2. The van der Waals surface area contributed by atoms with Crippen molar-refractivity contribution in [2.45, 2.75) is 25.6 Å². The molecule has 1 aliphatic heterocycles. The first-order valence-corrected chi connectivity index (χ1v) is 8.34. The Morgan fingerprint density at radius 1 is 1.19 bits per heavy atom. The van der Waals surface area contributed by atoms with E-state index in [1.54, 1.807) is 12.1 Å². The molecule has 1 aliphatic rings. The number of nitrogens with zero attached hydrogens (tertiary/aromatic N) is 1. The SMILES string of the molecule is Cc1cc2c(c(-c3ccnc4c(C(F)(F)F)cccc34)c1)OC(CN)C2. The summed E-state index contributed by atoms with van der Waals surface area (Å²) in [5, 5.41) is 0.454. The number of rotatable bonds is 2. The fraction of sp³-hybridized carbons (Fsp3) is 0.250. The van der Waals surface area contributed by atoms with Crippen LogP contribution in [-0.4, -0.2) is 17.6 Å². The number of alkyl halides is 3. The Kier molecular flexibility index (Phi) is 3.88. The van der Waals surface area contributed by atoms with Crippen LogP contribution in [0.25, 0.3) is 22.0 Å². The van der Waals surface area contributed by atoms with Gasteiger partial charge in [-0.05, 0) is 41.8 Å². The predicted molar refractivity (Wildman–Crippen MR) is 94.1 cm³/mol. The van der Waals surface area contributed by atoms with E-state index in [-0.39, 0.29) is 11.6 Å². The van der Waals surface area contributed by atoms with Crippen molar-refractivity contribution in [3.8, 4) is 16.9 Å². The molecule has 3 nitrogen and oxygen atoms in total. The molecule has 26 heavy (non-hydrogen) atoms. The van der Waals surface area contributed by atoms with Crippen molar-refractivity contribution in [3.05, 3.63) is 59.3 Å². The lowest BCUT2D eigenvalue weighted by Gasteiger charge is -2.15. The second-order valence-electron chi connectivity index (χ2n) is 6.54. The summed E-state index contributed by atoms with van der Waals surface area (Å²) in [6, 6.07) is 9.84. The largest absolute Gasteiger partial charge is 0.488 e. The second kappa shape index (κ2) is 5.99. The first kappa shape index (κ1) is 16.8. The van der Waals surface area contributed by atoms with Crippen LogP contribution in [0.1, 0.15) is 16.7 Å². The fourth-order valence-corrected chi connectivity index (χ4v) is 3.56. The highest BCUT2D eigenvalue weighted by Crippen LogP contribution is 2.43. The average Bonchev–Trinajstić information content (AvgIpc) is 3.02. The van der Waals surface area contributed by atoms with Gasteiger partial charge in [0, 0.05) is 30.1 Å². The maximum absolute atomic E-state index is 13.4. The molecule has 0 saturated carbocycles. The van der Waals surface area contributed by atoms with Gasteiger partial charge in [-0.3, -0.25) is 4.98 Å². The van der Waals surface area contributed by atoms with E-state index < -0.39 is 11.7 Å². The Bertz CT molecular complexity index is 998. The Morgan fingerprint density at radius 2 is 2.00 bits per heavy atom. The second-order valence-corrected chi connectivity index (χ2v) is 6.54. The topological polar surface area (TPSA) is 48.1 Å². The van der Waals surface area contributed by atoms with E-state index in [4.69, 9.17) is 10.5 Å². The molecule has 2 heterocycles. The molecule has 2 aromatic carbocycles. The fourth-order valence-electron chi connectivity index (χ4n) is 3.56. The predicted octanol–water partition coefficient (Wildman–Crippen LogP) is 4.49. The van der Waals surface area contributed by atoms with Crippen LogP contribution < -0.4 is 10.5 Å². The molecule has 0 radical (unpaired) electrons. The molecule has 0 fully saturated rings. The molecule has 3 aromatic rings. The highest BCUT2D eigenvalue weighted by atomic mass is 19.4. The van der Waals surface area contributed by atoms with Gasteiger partial charge in [0.1, 0.15) is 11.9 Å². The summed E-state index contributed by atoms with van der Waals surface area (Å²) in [4.78, 5) is 4.00. The van der Waals surface area contributed by atoms with Gasteiger partial charge in [-0.2, -0.15) is 13.2 Å². The van der Waals surface area contributed by atoms with E-state index >= 15 is 0 Å². The standard InChI is InChI=1S/C20H17F3N2O/c1-11-7-12-9-13(10-24)26-19(12)16(8-11)14-5-6-25-18-15(14)3-2-4-17(18)20(21,22)23/h2-8,13H,9-10,24H2,1H3. The Balaban J connectivity index is 1.98. The zero-order valence-corrected chi connectivity index (χ0v) is 14.1. The van der Waals surface area contributed by atoms with Crippen LogP contribution in [-0.2, 0) is 12.6 Å². The lowest BCUT2D eigenvalue weighted by Crippen LogP contribution is -2.24. The number of pyridine rings is 1. The summed E-state index contributed by atoms with van der Waals surface area (Å²) in [6.45, 7) is 2.35. The van der Waals surface area contributed by atoms with E-state index in [9.17, 15) is 13.2 Å². The normalized spacial score (nSPS) is 16.6. The van der Waals surface area contributed by atoms with Crippen molar-refractivity contribution in [2.24, 2.45) is 5.73 Å².